The number of nitrogens with one attached hydrogen (secondary N) is 2. The monoisotopic (exact) mass is 390 g/mol. The van der Waals surface area contributed by atoms with Gasteiger partial charge < -0.3 is 5.73 Å². The molecule has 5 nitrogen and oxygen atoms in total. The normalized spacial score (nSPS) is 11.2. The molecule has 2 aromatic carbocycles. The van der Waals surface area contributed by atoms with Gasteiger partial charge in [-0.05, 0) is 24.3 Å². The number of nitrogen functional groups attached to an aromatic ring is 1. The summed E-state index contributed by atoms with van der Waals surface area (Å²) in [6.45, 7) is 0. The molecule has 1 aromatic heterocycles. The molecular formula is C18H13F3N4OS. The Bertz CT molecular complexity index is 999. The van der Waals surface area contributed by atoms with Crippen LogP contribution in [0.15, 0.2) is 54.6 Å². The number of hydrogen-bond donors (Lipinski definition) is 3. The fraction of sp³-hybridized carbons (Fsp3) is 0.0556. The SMILES string of the molecule is N=C(c1cccc(C(F)(F)F)c1)c1sc(NC(=O)c2ccccc2)nc1N. The van der Waals surface area contributed by atoms with Crippen LogP contribution in [-0.4, -0.2) is 16.6 Å². The number of rotatable bonds is 4. The van der Waals surface area contributed by atoms with E-state index in [0.717, 1.165) is 23.5 Å². The van der Waals surface area contributed by atoms with E-state index < -0.39 is 17.6 Å². The summed E-state index contributed by atoms with van der Waals surface area (Å²) in [6, 6.07) is 12.9. The third-order valence-electron chi connectivity index (χ3n) is 3.62. The summed E-state index contributed by atoms with van der Waals surface area (Å²) in [5.41, 5.74) is 5.22. The van der Waals surface area contributed by atoms with E-state index in [1.165, 1.54) is 12.1 Å². The van der Waals surface area contributed by atoms with Crippen molar-refractivity contribution in [2.45, 2.75) is 6.18 Å². The number of aromatic nitrogens is 1. The van der Waals surface area contributed by atoms with Crippen molar-refractivity contribution in [1.82, 2.24) is 4.98 Å². The van der Waals surface area contributed by atoms with Crippen molar-refractivity contribution in [3.05, 3.63) is 76.2 Å². The second kappa shape index (κ2) is 7.20. The smallest absolute Gasteiger partial charge is 0.382 e. The van der Waals surface area contributed by atoms with Crippen LogP contribution >= 0.6 is 11.3 Å². The van der Waals surface area contributed by atoms with Gasteiger partial charge in [0.2, 0.25) is 0 Å². The van der Waals surface area contributed by atoms with Crippen molar-refractivity contribution >= 4 is 33.9 Å². The maximum absolute atomic E-state index is 12.9. The van der Waals surface area contributed by atoms with E-state index in [0.29, 0.717) is 5.56 Å². The van der Waals surface area contributed by atoms with Gasteiger partial charge >= 0.3 is 6.18 Å². The average Bonchev–Trinajstić information content (AvgIpc) is 3.01. The van der Waals surface area contributed by atoms with E-state index >= 15 is 0 Å². The first-order valence-electron chi connectivity index (χ1n) is 7.65. The Morgan fingerprint density at radius 2 is 1.74 bits per heavy atom. The molecule has 3 rings (SSSR count). The molecule has 4 N–H and O–H groups in total. The van der Waals surface area contributed by atoms with Crippen molar-refractivity contribution in [3.8, 4) is 0 Å². The van der Waals surface area contributed by atoms with Gasteiger partial charge in [0.05, 0.1) is 16.2 Å². The number of alkyl halides is 3. The molecule has 138 valence electrons. The molecule has 1 amide bonds. The second-order valence-electron chi connectivity index (χ2n) is 5.51. The Morgan fingerprint density at radius 1 is 1.07 bits per heavy atom. The van der Waals surface area contributed by atoms with Gasteiger partial charge in [0.15, 0.2) is 5.13 Å². The van der Waals surface area contributed by atoms with Crippen LogP contribution in [0.4, 0.5) is 24.1 Å². The molecule has 0 radical (unpaired) electrons. The summed E-state index contributed by atoms with van der Waals surface area (Å²) in [5.74, 6) is -0.438. The van der Waals surface area contributed by atoms with Crippen molar-refractivity contribution in [2.24, 2.45) is 0 Å². The maximum atomic E-state index is 12.9. The summed E-state index contributed by atoms with van der Waals surface area (Å²) in [4.78, 5) is 16.3. The van der Waals surface area contributed by atoms with E-state index in [9.17, 15) is 18.0 Å². The minimum absolute atomic E-state index is 0.0363. The Kier molecular flexibility index (Phi) is 4.95. The third kappa shape index (κ3) is 4.14. The van der Waals surface area contributed by atoms with Crippen LogP contribution in [0.5, 0.6) is 0 Å². The minimum atomic E-state index is -4.51. The lowest BCUT2D eigenvalue weighted by atomic mass is 10.1. The molecule has 0 aliphatic heterocycles. The fourth-order valence-electron chi connectivity index (χ4n) is 2.31. The van der Waals surface area contributed by atoms with Crippen molar-refractivity contribution in [1.29, 1.82) is 5.41 Å². The van der Waals surface area contributed by atoms with Gasteiger partial charge in [-0.25, -0.2) is 4.98 Å². The van der Waals surface area contributed by atoms with Crippen LogP contribution in [0.3, 0.4) is 0 Å². The zero-order valence-corrected chi connectivity index (χ0v) is 14.5. The molecule has 0 fully saturated rings. The number of carbonyl (C=O) groups excluding carboxylic acids is 1. The third-order valence-corrected chi connectivity index (χ3v) is 4.62. The number of thiazole rings is 1. The lowest BCUT2D eigenvalue weighted by Gasteiger charge is -2.09. The van der Waals surface area contributed by atoms with Crippen molar-refractivity contribution in [2.75, 3.05) is 11.1 Å². The fourth-order valence-corrected chi connectivity index (χ4v) is 3.16. The predicted octanol–water partition coefficient (Wildman–Crippen LogP) is 4.41. The zero-order chi connectivity index (χ0) is 19.6. The number of amides is 1. The first-order chi connectivity index (χ1) is 12.8. The van der Waals surface area contributed by atoms with Crippen LogP contribution in [0.25, 0.3) is 0 Å². The second-order valence-corrected chi connectivity index (χ2v) is 6.51. The molecule has 0 bridgehead atoms. The first-order valence-corrected chi connectivity index (χ1v) is 8.46. The molecule has 0 spiro atoms. The molecule has 0 atom stereocenters. The van der Waals surface area contributed by atoms with Crippen LogP contribution < -0.4 is 11.1 Å². The molecule has 1 heterocycles. The van der Waals surface area contributed by atoms with Crippen LogP contribution in [0.2, 0.25) is 0 Å². The minimum Gasteiger partial charge on any atom is -0.382 e. The van der Waals surface area contributed by atoms with Crippen molar-refractivity contribution in [3.63, 3.8) is 0 Å². The zero-order valence-electron chi connectivity index (χ0n) is 13.7. The van der Waals surface area contributed by atoms with Gasteiger partial charge in [-0.15, -0.1) is 0 Å². The number of nitrogens with two attached hydrogens (primary N) is 1. The van der Waals surface area contributed by atoms with Gasteiger partial charge in [-0.1, -0.05) is 41.7 Å². The van der Waals surface area contributed by atoms with Crippen LogP contribution in [-0.2, 0) is 6.18 Å². The van der Waals surface area contributed by atoms with Crippen LogP contribution in [0, 0.1) is 5.41 Å². The highest BCUT2D eigenvalue weighted by molar-refractivity contribution is 7.18. The van der Waals surface area contributed by atoms with Gasteiger partial charge in [-0.2, -0.15) is 13.2 Å². The van der Waals surface area contributed by atoms with E-state index in [1.807, 2.05) is 0 Å². The topological polar surface area (TPSA) is 91.9 Å². The number of halogens is 3. The quantitative estimate of drug-likeness (QED) is 0.576. The molecule has 0 aliphatic rings. The standard InChI is InChI=1S/C18H13F3N4OS/c19-18(20,21)12-8-4-7-11(9-12)13(22)14-15(23)24-17(27-14)25-16(26)10-5-2-1-3-6-10/h1-9,22H,23H2,(H,24,25,26). The van der Waals surface area contributed by atoms with Crippen LogP contribution in [0.1, 0.15) is 26.4 Å². The Morgan fingerprint density at radius 3 is 2.41 bits per heavy atom. The number of nitrogens with zero attached hydrogens (tertiary/aromatic N) is 1. The number of anilines is 2. The summed E-state index contributed by atoms with van der Waals surface area (Å²) in [7, 11) is 0. The van der Waals surface area contributed by atoms with E-state index in [2.05, 4.69) is 10.3 Å². The van der Waals surface area contributed by atoms with E-state index in [1.54, 1.807) is 30.3 Å². The molecular weight excluding hydrogens is 377 g/mol. The summed E-state index contributed by atoms with van der Waals surface area (Å²) < 4.78 is 38.6. The summed E-state index contributed by atoms with van der Waals surface area (Å²) in [6.07, 6.45) is -4.51. The highest BCUT2D eigenvalue weighted by atomic mass is 32.1. The van der Waals surface area contributed by atoms with Crippen molar-refractivity contribution < 1.29 is 18.0 Å². The predicted molar refractivity (Wildman–Crippen MR) is 98.3 cm³/mol. The van der Waals surface area contributed by atoms with Gasteiger partial charge in [0, 0.05) is 11.1 Å². The number of benzene rings is 2. The Labute approximate surface area is 156 Å². The van der Waals surface area contributed by atoms with E-state index in [-0.39, 0.29) is 27.1 Å². The number of carbonyl (C=O) groups is 1. The van der Waals surface area contributed by atoms with Gasteiger partial charge in [0.25, 0.3) is 5.91 Å². The molecule has 0 saturated heterocycles. The highest BCUT2D eigenvalue weighted by Crippen LogP contribution is 2.32. The molecule has 9 heteroatoms. The molecule has 0 saturated carbocycles. The van der Waals surface area contributed by atoms with E-state index in [4.69, 9.17) is 11.1 Å². The summed E-state index contributed by atoms with van der Waals surface area (Å²) in [5, 5.41) is 10.9. The lowest BCUT2D eigenvalue weighted by Crippen LogP contribution is -2.11. The molecule has 0 aliphatic carbocycles. The maximum Gasteiger partial charge on any atom is 0.416 e. The first kappa shape index (κ1) is 18.6. The molecule has 3 aromatic rings. The van der Waals surface area contributed by atoms with Gasteiger partial charge in [0.1, 0.15) is 5.82 Å². The van der Waals surface area contributed by atoms with Gasteiger partial charge in [-0.3, -0.25) is 15.5 Å². The highest BCUT2D eigenvalue weighted by Gasteiger charge is 2.31. The summed E-state index contributed by atoms with van der Waals surface area (Å²) >= 11 is 0.925. The average molecular weight is 390 g/mol. The largest absolute Gasteiger partial charge is 0.416 e. The lowest BCUT2D eigenvalue weighted by molar-refractivity contribution is -0.137. The Hall–Kier alpha value is -3.20. The Balaban J connectivity index is 1.84. The number of hydrogen-bond acceptors (Lipinski definition) is 5. The molecule has 27 heavy (non-hydrogen) atoms. The molecule has 0 unspecified atom stereocenters.